The van der Waals surface area contributed by atoms with Crippen LogP contribution in [0.4, 0.5) is 5.69 Å². The monoisotopic (exact) mass is 287 g/mol. The van der Waals surface area contributed by atoms with E-state index in [9.17, 15) is 10.1 Å². The van der Waals surface area contributed by atoms with E-state index in [1.807, 2.05) is 6.07 Å². The summed E-state index contributed by atoms with van der Waals surface area (Å²) in [5.41, 5.74) is 3.25. The molecule has 4 rings (SSSR count). The molecule has 5 nitrogen and oxygen atoms in total. The average molecular weight is 287 g/mol. The first-order chi connectivity index (χ1) is 9.64. The normalized spacial score (nSPS) is 21.4. The van der Waals surface area contributed by atoms with Gasteiger partial charge in [-0.05, 0) is 36.7 Å². The van der Waals surface area contributed by atoms with Crippen LogP contribution in [0.15, 0.2) is 29.8 Å². The summed E-state index contributed by atoms with van der Waals surface area (Å²) >= 11 is 1.55. The number of hydrogen-bond acceptors (Lipinski definition) is 5. The van der Waals surface area contributed by atoms with Gasteiger partial charge >= 0.3 is 0 Å². The Morgan fingerprint density at radius 3 is 2.70 bits per heavy atom. The van der Waals surface area contributed by atoms with Gasteiger partial charge < -0.3 is 0 Å². The summed E-state index contributed by atoms with van der Waals surface area (Å²) in [6.45, 7) is 0. The van der Waals surface area contributed by atoms with Crippen LogP contribution >= 0.6 is 11.3 Å². The molecule has 0 amide bonds. The number of non-ortho nitro benzene ring substituents is 1. The minimum atomic E-state index is -0.330. The summed E-state index contributed by atoms with van der Waals surface area (Å²) in [6, 6.07) is 7.01. The number of aromatic nitrogens is 2. The molecule has 2 fully saturated rings. The van der Waals surface area contributed by atoms with Gasteiger partial charge in [0.05, 0.1) is 10.3 Å². The molecule has 2 aromatic rings. The topological polar surface area (TPSA) is 68.9 Å². The van der Waals surface area contributed by atoms with Crippen molar-refractivity contribution in [1.29, 1.82) is 0 Å². The van der Waals surface area contributed by atoms with E-state index < -0.39 is 0 Å². The Morgan fingerprint density at radius 2 is 2.10 bits per heavy atom. The van der Waals surface area contributed by atoms with E-state index in [-0.39, 0.29) is 16.0 Å². The van der Waals surface area contributed by atoms with E-state index in [0.29, 0.717) is 5.41 Å². The van der Waals surface area contributed by atoms with Gasteiger partial charge in [0.25, 0.3) is 5.69 Å². The van der Waals surface area contributed by atoms with E-state index in [1.165, 1.54) is 12.8 Å². The van der Waals surface area contributed by atoms with E-state index in [0.717, 1.165) is 23.4 Å². The van der Waals surface area contributed by atoms with Crippen molar-refractivity contribution in [3.8, 4) is 0 Å². The third-order valence-electron chi connectivity index (χ3n) is 4.69. The van der Waals surface area contributed by atoms with E-state index in [4.69, 9.17) is 0 Å². The van der Waals surface area contributed by atoms with Gasteiger partial charge in [0.15, 0.2) is 0 Å². The number of nitro groups is 1. The quantitative estimate of drug-likeness (QED) is 0.641. The maximum atomic E-state index is 11.0. The van der Waals surface area contributed by atoms with E-state index in [1.54, 1.807) is 35.0 Å². The third-order valence-corrected chi connectivity index (χ3v) is 5.58. The number of rotatable bonds is 3. The number of nitro benzene ring substituents is 1. The zero-order valence-corrected chi connectivity index (χ0v) is 11.6. The molecule has 0 atom stereocenters. The molecule has 20 heavy (non-hydrogen) atoms. The lowest BCUT2D eigenvalue weighted by atomic mass is 9.56. The van der Waals surface area contributed by atoms with Crippen LogP contribution in [0.3, 0.4) is 0 Å². The predicted octanol–water partition coefficient (Wildman–Crippen LogP) is 3.31. The second-order valence-electron chi connectivity index (χ2n) is 5.99. The average Bonchev–Trinajstić information content (AvgIpc) is 3.01. The Labute approximate surface area is 119 Å². The Kier molecular flexibility index (Phi) is 2.30. The molecule has 0 radical (unpaired) electrons. The van der Waals surface area contributed by atoms with E-state index >= 15 is 0 Å². The Hall–Kier alpha value is -1.82. The molecule has 1 spiro atoms. The summed E-state index contributed by atoms with van der Waals surface area (Å²) in [6.07, 6.45) is 4.66. The van der Waals surface area contributed by atoms with Crippen LogP contribution in [-0.4, -0.2) is 15.1 Å². The van der Waals surface area contributed by atoms with Crippen LogP contribution in [-0.2, 0) is 5.41 Å². The lowest BCUT2D eigenvalue weighted by Gasteiger charge is -2.47. The Bertz CT molecular complexity index is 671. The van der Waals surface area contributed by atoms with Crippen LogP contribution in [0, 0.1) is 15.5 Å². The van der Waals surface area contributed by atoms with Gasteiger partial charge in [-0.1, -0.05) is 12.1 Å². The molecule has 0 bridgehead atoms. The standard InChI is InChI=1S/C14H13N3O2S/c18-17(19)11-3-1-2-10(6-11)14(12-16-15-9-20-12)7-13(8-14)4-5-13/h1-3,6,9H,4-5,7-8H2. The van der Waals surface area contributed by atoms with Gasteiger partial charge in [-0.25, -0.2) is 0 Å². The molecule has 0 N–H and O–H groups in total. The molecule has 0 saturated heterocycles. The summed E-state index contributed by atoms with van der Waals surface area (Å²) in [7, 11) is 0. The van der Waals surface area contributed by atoms with Gasteiger partial charge in [-0.15, -0.1) is 21.5 Å². The van der Waals surface area contributed by atoms with Crippen molar-refractivity contribution >= 4 is 17.0 Å². The zero-order chi connectivity index (χ0) is 13.8. The molecule has 1 aromatic heterocycles. The molecule has 1 heterocycles. The fraction of sp³-hybridized carbons (Fsp3) is 0.429. The number of benzene rings is 1. The van der Waals surface area contributed by atoms with Crippen molar-refractivity contribution in [2.24, 2.45) is 5.41 Å². The molecule has 102 valence electrons. The van der Waals surface area contributed by atoms with Crippen LogP contribution < -0.4 is 0 Å². The Balaban J connectivity index is 1.80. The highest BCUT2D eigenvalue weighted by Crippen LogP contribution is 2.71. The SMILES string of the molecule is O=[N+]([O-])c1cccc(C2(c3nncs3)CC3(CC3)C2)c1. The Morgan fingerprint density at radius 1 is 1.30 bits per heavy atom. The summed E-state index contributed by atoms with van der Waals surface area (Å²) in [5, 5.41) is 20.2. The first kappa shape index (κ1) is 12.0. The van der Waals surface area contributed by atoms with E-state index in [2.05, 4.69) is 10.2 Å². The predicted molar refractivity (Wildman–Crippen MR) is 74.7 cm³/mol. The number of hydrogen-bond donors (Lipinski definition) is 0. The number of nitrogens with zero attached hydrogens (tertiary/aromatic N) is 3. The maximum Gasteiger partial charge on any atom is 0.269 e. The van der Waals surface area contributed by atoms with Crippen molar-refractivity contribution in [2.45, 2.75) is 31.1 Å². The maximum absolute atomic E-state index is 11.0. The van der Waals surface area contributed by atoms with Crippen LogP contribution in [0.25, 0.3) is 0 Å². The van der Waals surface area contributed by atoms with Gasteiger partial charge in [-0.3, -0.25) is 10.1 Å². The van der Waals surface area contributed by atoms with Gasteiger partial charge in [0.2, 0.25) is 0 Å². The van der Waals surface area contributed by atoms with Gasteiger partial charge in [0.1, 0.15) is 10.5 Å². The fourth-order valence-electron chi connectivity index (χ4n) is 3.54. The van der Waals surface area contributed by atoms with Crippen LogP contribution in [0.5, 0.6) is 0 Å². The lowest BCUT2D eigenvalue weighted by molar-refractivity contribution is -0.385. The molecular weight excluding hydrogens is 274 g/mol. The van der Waals surface area contributed by atoms with Crippen molar-refractivity contribution in [3.63, 3.8) is 0 Å². The highest BCUT2D eigenvalue weighted by atomic mass is 32.1. The minimum absolute atomic E-state index is 0.149. The summed E-state index contributed by atoms with van der Waals surface area (Å²) < 4.78 is 0. The van der Waals surface area contributed by atoms with Crippen molar-refractivity contribution < 1.29 is 4.92 Å². The van der Waals surface area contributed by atoms with Crippen molar-refractivity contribution in [3.05, 3.63) is 50.5 Å². The molecule has 2 saturated carbocycles. The second-order valence-corrected chi connectivity index (χ2v) is 6.82. The zero-order valence-electron chi connectivity index (χ0n) is 10.8. The molecule has 0 aliphatic heterocycles. The highest BCUT2D eigenvalue weighted by Gasteiger charge is 2.63. The molecule has 1 aromatic carbocycles. The third kappa shape index (κ3) is 1.61. The minimum Gasteiger partial charge on any atom is -0.258 e. The van der Waals surface area contributed by atoms with Crippen LogP contribution in [0.2, 0.25) is 0 Å². The molecule has 2 aliphatic carbocycles. The molecule has 0 unspecified atom stereocenters. The van der Waals surface area contributed by atoms with Crippen LogP contribution in [0.1, 0.15) is 36.3 Å². The molecule has 2 aliphatic rings. The fourth-order valence-corrected chi connectivity index (χ4v) is 4.31. The van der Waals surface area contributed by atoms with Gasteiger partial charge in [-0.2, -0.15) is 0 Å². The smallest absolute Gasteiger partial charge is 0.258 e. The van der Waals surface area contributed by atoms with Crippen molar-refractivity contribution in [2.75, 3.05) is 0 Å². The lowest BCUT2D eigenvalue weighted by Crippen LogP contribution is -2.43. The second kappa shape index (κ2) is 3.85. The first-order valence-electron chi connectivity index (χ1n) is 6.65. The molecular formula is C14H13N3O2S. The summed E-state index contributed by atoms with van der Waals surface area (Å²) in [4.78, 5) is 10.7. The van der Waals surface area contributed by atoms with Crippen molar-refractivity contribution in [1.82, 2.24) is 10.2 Å². The van der Waals surface area contributed by atoms with Gasteiger partial charge in [0, 0.05) is 12.1 Å². The largest absolute Gasteiger partial charge is 0.269 e. The molecule has 6 heteroatoms. The summed E-state index contributed by atoms with van der Waals surface area (Å²) in [5.74, 6) is 0. The highest BCUT2D eigenvalue weighted by molar-refractivity contribution is 7.09. The first-order valence-corrected chi connectivity index (χ1v) is 7.53.